The zero-order chi connectivity index (χ0) is 8.67. The lowest BCUT2D eigenvalue weighted by Crippen LogP contribution is -2.20. The van der Waals surface area contributed by atoms with Crippen molar-refractivity contribution < 1.29 is 4.42 Å². The summed E-state index contributed by atoms with van der Waals surface area (Å²) in [5.74, 6) is 1.11. The Labute approximate surface area is 76.5 Å². The Morgan fingerprint density at radius 2 is 2.15 bits per heavy atom. The van der Waals surface area contributed by atoms with Gasteiger partial charge in [0.05, 0.1) is 6.54 Å². The predicted octanol–water partition coefficient (Wildman–Crippen LogP) is 2.09. The van der Waals surface area contributed by atoms with Crippen LogP contribution in [0, 0.1) is 6.54 Å². The van der Waals surface area contributed by atoms with E-state index in [-0.39, 0.29) is 0 Å². The summed E-state index contributed by atoms with van der Waals surface area (Å²) < 4.78 is 5.72. The minimum absolute atomic E-state index is 0.979. The number of fused-ring (bicyclic) bond motifs is 3. The van der Waals surface area contributed by atoms with E-state index in [0.717, 1.165) is 24.3 Å². The summed E-state index contributed by atoms with van der Waals surface area (Å²) in [6, 6.07) is 8.16. The summed E-state index contributed by atoms with van der Waals surface area (Å²) in [4.78, 5) is 0. The van der Waals surface area contributed by atoms with Crippen LogP contribution < -0.4 is 5.32 Å². The standard InChI is InChI=1S/C11H10NO/c1-2-4-10-8(3-1)9-7-12-6-5-11(9)13-10/h1-4,7,12H,5-6H2. The first-order valence-corrected chi connectivity index (χ1v) is 4.52. The molecule has 0 aliphatic carbocycles. The quantitative estimate of drug-likeness (QED) is 0.658. The van der Waals surface area contributed by atoms with Gasteiger partial charge in [0.25, 0.3) is 0 Å². The van der Waals surface area contributed by atoms with E-state index in [2.05, 4.69) is 11.4 Å². The molecular formula is C11H10NO. The van der Waals surface area contributed by atoms with Crippen LogP contribution in [0.1, 0.15) is 11.3 Å². The molecule has 1 aromatic carbocycles. The average molecular weight is 172 g/mol. The number of para-hydroxylation sites is 1. The third-order valence-electron chi connectivity index (χ3n) is 2.45. The maximum Gasteiger partial charge on any atom is 0.134 e. The van der Waals surface area contributed by atoms with Gasteiger partial charge in [-0.15, -0.1) is 0 Å². The lowest BCUT2D eigenvalue weighted by atomic mass is 10.1. The molecule has 0 saturated carbocycles. The van der Waals surface area contributed by atoms with E-state index >= 15 is 0 Å². The second kappa shape index (κ2) is 2.60. The Morgan fingerprint density at radius 3 is 3.15 bits per heavy atom. The zero-order valence-electron chi connectivity index (χ0n) is 7.21. The Hall–Kier alpha value is -1.28. The number of rotatable bonds is 0. The average Bonchev–Trinajstić information content (AvgIpc) is 2.56. The first kappa shape index (κ1) is 7.15. The molecule has 0 atom stereocenters. The van der Waals surface area contributed by atoms with E-state index in [1.165, 1.54) is 10.9 Å². The molecule has 1 aliphatic rings. The van der Waals surface area contributed by atoms with Crippen molar-refractivity contribution in [3.8, 4) is 0 Å². The number of hydrogen-bond acceptors (Lipinski definition) is 2. The van der Waals surface area contributed by atoms with Crippen molar-refractivity contribution in [1.29, 1.82) is 0 Å². The van der Waals surface area contributed by atoms with E-state index in [0.29, 0.717) is 0 Å². The maximum absolute atomic E-state index is 5.72. The highest BCUT2D eigenvalue weighted by Crippen LogP contribution is 2.28. The van der Waals surface area contributed by atoms with E-state index in [9.17, 15) is 0 Å². The van der Waals surface area contributed by atoms with Gasteiger partial charge in [0, 0.05) is 23.9 Å². The molecular weight excluding hydrogens is 162 g/mol. The molecule has 0 unspecified atom stereocenters. The highest BCUT2D eigenvalue weighted by Gasteiger charge is 2.16. The molecule has 3 rings (SSSR count). The Morgan fingerprint density at radius 1 is 1.23 bits per heavy atom. The Balaban J connectivity index is 2.34. The van der Waals surface area contributed by atoms with Crippen molar-refractivity contribution in [1.82, 2.24) is 5.32 Å². The summed E-state index contributed by atoms with van der Waals surface area (Å²) in [6.07, 6.45) is 0.987. The lowest BCUT2D eigenvalue weighted by Gasteiger charge is -2.09. The third kappa shape index (κ3) is 0.988. The molecule has 2 heteroatoms. The number of furan rings is 1. The second-order valence-corrected chi connectivity index (χ2v) is 3.28. The van der Waals surface area contributed by atoms with Crippen LogP contribution in [-0.2, 0) is 6.42 Å². The Kier molecular flexibility index (Phi) is 1.43. The monoisotopic (exact) mass is 172 g/mol. The van der Waals surface area contributed by atoms with Gasteiger partial charge in [0.15, 0.2) is 0 Å². The normalized spacial score (nSPS) is 16.0. The first-order valence-electron chi connectivity index (χ1n) is 4.52. The minimum atomic E-state index is 0.979. The van der Waals surface area contributed by atoms with Crippen molar-refractivity contribution in [3.63, 3.8) is 0 Å². The molecule has 65 valence electrons. The van der Waals surface area contributed by atoms with Crippen LogP contribution >= 0.6 is 0 Å². The zero-order valence-corrected chi connectivity index (χ0v) is 7.21. The fraction of sp³-hybridized carbons (Fsp3) is 0.182. The van der Waals surface area contributed by atoms with E-state index in [1.54, 1.807) is 0 Å². The third-order valence-corrected chi connectivity index (χ3v) is 2.45. The molecule has 0 saturated heterocycles. The highest BCUT2D eigenvalue weighted by atomic mass is 16.3. The Bertz CT molecular complexity index is 444. The second-order valence-electron chi connectivity index (χ2n) is 3.28. The van der Waals surface area contributed by atoms with E-state index in [4.69, 9.17) is 4.42 Å². The number of benzene rings is 1. The van der Waals surface area contributed by atoms with Crippen LogP contribution in [0.2, 0.25) is 0 Å². The summed E-state index contributed by atoms with van der Waals surface area (Å²) in [6.45, 7) is 3.03. The van der Waals surface area contributed by atoms with Crippen molar-refractivity contribution >= 4 is 11.0 Å². The SMILES string of the molecule is [CH]1NCCc2oc3ccccc3c21. The van der Waals surface area contributed by atoms with Crippen LogP contribution in [0.5, 0.6) is 0 Å². The van der Waals surface area contributed by atoms with Crippen molar-refractivity contribution in [2.75, 3.05) is 6.54 Å². The largest absolute Gasteiger partial charge is 0.461 e. The molecule has 2 heterocycles. The van der Waals surface area contributed by atoms with E-state index in [1.807, 2.05) is 24.7 Å². The summed E-state index contributed by atoms with van der Waals surface area (Å²) in [7, 11) is 0. The molecule has 2 aromatic rings. The van der Waals surface area contributed by atoms with Crippen LogP contribution in [0.3, 0.4) is 0 Å². The number of nitrogens with one attached hydrogen (secondary N) is 1. The first-order chi connectivity index (χ1) is 6.45. The van der Waals surface area contributed by atoms with Crippen LogP contribution in [-0.4, -0.2) is 6.54 Å². The van der Waals surface area contributed by atoms with Crippen LogP contribution in [0.4, 0.5) is 0 Å². The van der Waals surface area contributed by atoms with Gasteiger partial charge in [-0.3, -0.25) is 0 Å². The summed E-state index contributed by atoms with van der Waals surface area (Å²) >= 11 is 0. The van der Waals surface area contributed by atoms with Gasteiger partial charge < -0.3 is 9.73 Å². The van der Waals surface area contributed by atoms with Crippen molar-refractivity contribution in [2.45, 2.75) is 6.42 Å². The van der Waals surface area contributed by atoms with Crippen molar-refractivity contribution in [2.24, 2.45) is 0 Å². The van der Waals surface area contributed by atoms with Gasteiger partial charge in [0.1, 0.15) is 11.3 Å². The van der Waals surface area contributed by atoms with Gasteiger partial charge in [-0.2, -0.15) is 0 Å². The fourth-order valence-electron chi connectivity index (χ4n) is 1.82. The molecule has 13 heavy (non-hydrogen) atoms. The maximum atomic E-state index is 5.72. The van der Waals surface area contributed by atoms with E-state index < -0.39 is 0 Å². The lowest BCUT2D eigenvalue weighted by molar-refractivity contribution is 0.525. The summed E-state index contributed by atoms with van der Waals surface area (Å²) in [5, 5.41) is 4.45. The van der Waals surface area contributed by atoms with Crippen molar-refractivity contribution in [3.05, 3.63) is 42.1 Å². The van der Waals surface area contributed by atoms with Gasteiger partial charge in [-0.1, -0.05) is 18.2 Å². The summed E-state index contributed by atoms with van der Waals surface area (Å²) in [5.41, 5.74) is 2.22. The predicted molar refractivity (Wildman–Crippen MR) is 51.3 cm³/mol. The van der Waals surface area contributed by atoms with Gasteiger partial charge in [0.2, 0.25) is 0 Å². The molecule has 0 bridgehead atoms. The molecule has 0 fully saturated rings. The molecule has 1 aromatic heterocycles. The van der Waals surface area contributed by atoms with Crippen LogP contribution in [0.25, 0.3) is 11.0 Å². The molecule has 0 spiro atoms. The molecule has 1 aliphatic heterocycles. The molecule has 2 nitrogen and oxygen atoms in total. The molecule has 1 N–H and O–H groups in total. The fourth-order valence-corrected chi connectivity index (χ4v) is 1.82. The molecule has 0 amide bonds. The smallest absolute Gasteiger partial charge is 0.134 e. The van der Waals surface area contributed by atoms with Crippen LogP contribution in [0.15, 0.2) is 28.7 Å². The highest BCUT2D eigenvalue weighted by molar-refractivity contribution is 5.83. The molecule has 1 radical (unpaired) electrons. The number of hydrogen-bond donors (Lipinski definition) is 1. The minimum Gasteiger partial charge on any atom is -0.461 e. The van der Waals surface area contributed by atoms with Gasteiger partial charge in [-0.25, -0.2) is 0 Å². The van der Waals surface area contributed by atoms with Gasteiger partial charge >= 0.3 is 0 Å². The van der Waals surface area contributed by atoms with Gasteiger partial charge in [-0.05, 0) is 6.07 Å². The topological polar surface area (TPSA) is 25.2 Å².